The molecular formula is C15H31N3O. The maximum Gasteiger partial charge on any atom is 0.0468 e. The summed E-state index contributed by atoms with van der Waals surface area (Å²) >= 11 is 0. The van der Waals surface area contributed by atoms with Crippen molar-refractivity contribution in [3.8, 4) is 0 Å². The highest BCUT2D eigenvalue weighted by Crippen LogP contribution is 2.48. The molecule has 1 saturated heterocycles. The van der Waals surface area contributed by atoms with Gasteiger partial charge in [-0.3, -0.25) is 4.90 Å². The average Bonchev–Trinajstić information content (AvgIpc) is 3.18. The maximum atomic E-state index is 5.22. The Kier molecular flexibility index (Phi) is 5.23. The molecule has 2 N–H and O–H groups in total. The topological polar surface area (TPSA) is 36.5 Å². The van der Waals surface area contributed by atoms with Crippen molar-refractivity contribution in [3.05, 3.63) is 0 Å². The minimum absolute atomic E-state index is 0.263. The van der Waals surface area contributed by atoms with Crippen LogP contribution >= 0.6 is 0 Å². The van der Waals surface area contributed by atoms with E-state index >= 15 is 0 Å². The standard InChI is InChI=1S/C15H31N3O/c1-14(2,18-9-7-16-8-10-18)12-17-13-15(4-5-15)6-11-19-3/h16-17H,4-13H2,1-3H3. The van der Waals surface area contributed by atoms with Gasteiger partial charge in [-0.1, -0.05) is 0 Å². The molecule has 2 aliphatic rings. The molecule has 2 fully saturated rings. The summed E-state index contributed by atoms with van der Waals surface area (Å²) < 4.78 is 5.22. The lowest BCUT2D eigenvalue weighted by molar-refractivity contribution is 0.0996. The zero-order chi connectivity index (χ0) is 13.8. The normalized spacial score (nSPS) is 23.5. The minimum atomic E-state index is 0.263. The summed E-state index contributed by atoms with van der Waals surface area (Å²) in [6.45, 7) is 12.5. The lowest BCUT2D eigenvalue weighted by atomic mass is 9.99. The molecule has 0 unspecified atom stereocenters. The number of methoxy groups -OCH3 is 1. The lowest BCUT2D eigenvalue weighted by Crippen LogP contribution is -2.57. The molecule has 1 saturated carbocycles. The van der Waals surface area contributed by atoms with E-state index in [2.05, 4.69) is 29.4 Å². The zero-order valence-electron chi connectivity index (χ0n) is 12.9. The van der Waals surface area contributed by atoms with Gasteiger partial charge in [0.05, 0.1) is 0 Å². The first-order valence-corrected chi connectivity index (χ1v) is 7.73. The molecule has 0 amide bonds. The summed E-state index contributed by atoms with van der Waals surface area (Å²) in [4.78, 5) is 2.60. The van der Waals surface area contributed by atoms with Crippen molar-refractivity contribution in [2.24, 2.45) is 5.41 Å². The molecule has 112 valence electrons. The Morgan fingerprint density at radius 3 is 2.53 bits per heavy atom. The van der Waals surface area contributed by atoms with E-state index in [1.807, 2.05) is 0 Å². The number of hydrogen-bond acceptors (Lipinski definition) is 4. The van der Waals surface area contributed by atoms with Gasteiger partial charge in [-0.05, 0) is 38.5 Å². The fourth-order valence-corrected chi connectivity index (χ4v) is 3.03. The Morgan fingerprint density at radius 2 is 1.95 bits per heavy atom. The number of ether oxygens (including phenoxy) is 1. The van der Waals surface area contributed by atoms with E-state index < -0.39 is 0 Å². The van der Waals surface area contributed by atoms with Gasteiger partial charge < -0.3 is 15.4 Å². The molecule has 0 bridgehead atoms. The van der Waals surface area contributed by atoms with Crippen LogP contribution in [-0.4, -0.2) is 63.4 Å². The Bertz CT molecular complexity index is 271. The molecule has 0 aromatic rings. The van der Waals surface area contributed by atoms with Crippen LogP contribution in [0.15, 0.2) is 0 Å². The van der Waals surface area contributed by atoms with Crippen molar-refractivity contribution in [2.75, 3.05) is 53.0 Å². The molecule has 0 aromatic heterocycles. The van der Waals surface area contributed by atoms with Crippen molar-refractivity contribution in [3.63, 3.8) is 0 Å². The summed E-state index contributed by atoms with van der Waals surface area (Å²) in [6, 6.07) is 0. The second kappa shape index (κ2) is 6.53. The van der Waals surface area contributed by atoms with E-state index in [4.69, 9.17) is 4.74 Å². The quantitative estimate of drug-likeness (QED) is 0.691. The fourth-order valence-electron chi connectivity index (χ4n) is 3.03. The van der Waals surface area contributed by atoms with Gasteiger partial charge in [-0.15, -0.1) is 0 Å². The van der Waals surface area contributed by atoms with E-state index in [0.717, 1.165) is 32.8 Å². The molecule has 0 spiro atoms. The van der Waals surface area contributed by atoms with Gasteiger partial charge >= 0.3 is 0 Å². The Labute approximate surface area is 118 Å². The molecule has 19 heavy (non-hydrogen) atoms. The monoisotopic (exact) mass is 269 g/mol. The van der Waals surface area contributed by atoms with Gasteiger partial charge in [0, 0.05) is 58.5 Å². The highest BCUT2D eigenvalue weighted by atomic mass is 16.5. The van der Waals surface area contributed by atoms with Crippen molar-refractivity contribution >= 4 is 0 Å². The van der Waals surface area contributed by atoms with Gasteiger partial charge in [0.1, 0.15) is 0 Å². The van der Waals surface area contributed by atoms with Crippen LogP contribution in [0.5, 0.6) is 0 Å². The van der Waals surface area contributed by atoms with Gasteiger partial charge in [-0.2, -0.15) is 0 Å². The van der Waals surface area contributed by atoms with Crippen molar-refractivity contribution < 1.29 is 4.74 Å². The number of piperazine rings is 1. The summed E-state index contributed by atoms with van der Waals surface area (Å²) in [7, 11) is 1.80. The molecule has 2 rings (SSSR count). The van der Waals surface area contributed by atoms with Crippen LogP contribution in [0, 0.1) is 5.41 Å². The van der Waals surface area contributed by atoms with Crippen molar-refractivity contribution in [1.82, 2.24) is 15.5 Å². The number of nitrogens with zero attached hydrogens (tertiary/aromatic N) is 1. The van der Waals surface area contributed by atoms with Crippen LogP contribution in [0.2, 0.25) is 0 Å². The third-order valence-corrected chi connectivity index (χ3v) is 4.82. The second-order valence-corrected chi connectivity index (χ2v) is 6.90. The van der Waals surface area contributed by atoms with Gasteiger partial charge in [0.15, 0.2) is 0 Å². The predicted octanol–water partition coefficient (Wildman–Crippen LogP) is 1.08. The van der Waals surface area contributed by atoms with Crippen LogP contribution in [0.25, 0.3) is 0 Å². The summed E-state index contributed by atoms with van der Waals surface area (Å²) in [6.07, 6.45) is 3.96. The summed E-state index contributed by atoms with van der Waals surface area (Å²) in [5.41, 5.74) is 0.814. The van der Waals surface area contributed by atoms with Crippen molar-refractivity contribution in [1.29, 1.82) is 0 Å². The summed E-state index contributed by atoms with van der Waals surface area (Å²) in [5, 5.41) is 7.14. The molecule has 0 radical (unpaired) electrons. The molecule has 4 nitrogen and oxygen atoms in total. The second-order valence-electron chi connectivity index (χ2n) is 6.90. The average molecular weight is 269 g/mol. The van der Waals surface area contributed by atoms with E-state index in [-0.39, 0.29) is 5.54 Å². The van der Waals surface area contributed by atoms with Crippen LogP contribution in [0.3, 0.4) is 0 Å². The molecule has 4 heteroatoms. The first kappa shape index (κ1) is 15.2. The minimum Gasteiger partial charge on any atom is -0.385 e. The highest BCUT2D eigenvalue weighted by molar-refractivity contribution is 4.96. The van der Waals surface area contributed by atoms with E-state index in [0.29, 0.717) is 5.41 Å². The predicted molar refractivity (Wildman–Crippen MR) is 79.6 cm³/mol. The summed E-state index contributed by atoms with van der Waals surface area (Å²) in [5.74, 6) is 0. The first-order valence-electron chi connectivity index (χ1n) is 7.73. The van der Waals surface area contributed by atoms with Crippen molar-refractivity contribution in [2.45, 2.75) is 38.6 Å². The van der Waals surface area contributed by atoms with Gasteiger partial charge in [-0.25, -0.2) is 0 Å². The Morgan fingerprint density at radius 1 is 1.26 bits per heavy atom. The lowest BCUT2D eigenvalue weighted by Gasteiger charge is -2.41. The zero-order valence-corrected chi connectivity index (χ0v) is 12.9. The van der Waals surface area contributed by atoms with Crippen LogP contribution in [-0.2, 0) is 4.74 Å². The van der Waals surface area contributed by atoms with E-state index in [1.165, 1.54) is 32.4 Å². The third-order valence-electron chi connectivity index (χ3n) is 4.82. The molecule has 1 heterocycles. The molecule has 1 aliphatic heterocycles. The van der Waals surface area contributed by atoms with E-state index in [9.17, 15) is 0 Å². The largest absolute Gasteiger partial charge is 0.385 e. The highest BCUT2D eigenvalue weighted by Gasteiger charge is 2.41. The molecule has 0 atom stereocenters. The smallest absolute Gasteiger partial charge is 0.0468 e. The third kappa shape index (κ3) is 4.42. The number of hydrogen-bond donors (Lipinski definition) is 2. The van der Waals surface area contributed by atoms with Gasteiger partial charge in [0.2, 0.25) is 0 Å². The molecule has 1 aliphatic carbocycles. The van der Waals surface area contributed by atoms with E-state index in [1.54, 1.807) is 7.11 Å². The van der Waals surface area contributed by atoms with Crippen LogP contribution in [0.1, 0.15) is 33.1 Å². The molecular weight excluding hydrogens is 238 g/mol. The van der Waals surface area contributed by atoms with Crippen LogP contribution < -0.4 is 10.6 Å². The van der Waals surface area contributed by atoms with Crippen LogP contribution in [0.4, 0.5) is 0 Å². The fraction of sp³-hybridized carbons (Fsp3) is 1.00. The number of rotatable bonds is 8. The SMILES string of the molecule is COCCC1(CNCC(C)(C)N2CCNCC2)CC1. The maximum absolute atomic E-state index is 5.22. The Hall–Kier alpha value is -0.160. The molecule has 0 aromatic carbocycles. The Balaban J connectivity index is 1.69. The first-order chi connectivity index (χ1) is 9.08. The number of nitrogens with one attached hydrogen (secondary N) is 2. The van der Waals surface area contributed by atoms with Gasteiger partial charge in [0.25, 0.3) is 0 Å².